The van der Waals surface area contributed by atoms with E-state index < -0.39 is 5.54 Å². The van der Waals surface area contributed by atoms with Crippen LogP contribution in [0.4, 0.5) is 0 Å². The van der Waals surface area contributed by atoms with E-state index >= 15 is 0 Å². The van der Waals surface area contributed by atoms with Gasteiger partial charge in [0.15, 0.2) is 0 Å². The largest absolute Gasteiger partial charge is 0.340 e. The molecule has 2 amide bonds. The molecule has 0 spiro atoms. The van der Waals surface area contributed by atoms with E-state index in [0.717, 1.165) is 10.7 Å². The normalized spacial score (nSPS) is 23.6. The minimum Gasteiger partial charge on any atom is -0.340 e. The molecule has 0 aromatic carbocycles. The van der Waals surface area contributed by atoms with Crippen LogP contribution in [-0.2, 0) is 16.0 Å². The van der Waals surface area contributed by atoms with Gasteiger partial charge in [0.05, 0.1) is 17.2 Å². The Hall–Kier alpha value is -1.43. The van der Waals surface area contributed by atoms with Crippen molar-refractivity contribution in [3.05, 3.63) is 16.1 Å². The fourth-order valence-electron chi connectivity index (χ4n) is 2.19. The van der Waals surface area contributed by atoms with Crippen molar-refractivity contribution in [1.29, 1.82) is 0 Å². The van der Waals surface area contributed by atoms with Crippen LogP contribution < -0.4 is 5.32 Å². The highest BCUT2D eigenvalue weighted by Crippen LogP contribution is 2.18. The summed E-state index contributed by atoms with van der Waals surface area (Å²) >= 11 is 1.60. The van der Waals surface area contributed by atoms with Crippen LogP contribution in [0.1, 0.15) is 31.0 Å². The number of nitrogens with one attached hydrogen (secondary N) is 1. The minimum absolute atomic E-state index is 0.00144. The molecule has 104 valence electrons. The van der Waals surface area contributed by atoms with Gasteiger partial charge in [-0.1, -0.05) is 6.92 Å². The number of aryl methyl sites for hydroxylation is 1. The van der Waals surface area contributed by atoms with Crippen molar-refractivity contribution in [2.24, 2.45) is 0 Å². The first-order chi connectivity index (χ1) is 8.94. The van der Waals surface area contributed by atoms with E-state index in [4.69, 9.17) is 0 Å². The van der Waals surface area contributed by atoms with Crippen LogP contribution >= 0.6 is 11.3 Å². The third-order valence-electron chi connectivity index (χ3n) is 3.52. The van der Waals surface area contributed by atoms with Gasteiger partial charge in [0.25, 0.3) is 0 Å². The highest BCUT2D eigenvalue weighted by molar-refractivity contribution is 7.09. The van der Waals surface area contributed by atoms with Crippen molar-refractivity contribution >= 4 is 23.2 Å². The molecule has 2 rings (SSSR count). The number of aromatic nitrogens is 1. The lowest BCUT2D eigenvalue weighted by atomic mass is 9.94. The van der Waals surface area contributed by atoms with E-state index in [-0.39, 0.29) is 18.4 Å². The van der Waals surface area contributed by atoms with E-state index in [1.165, 1.54) is 0 Å². The monoisotopic (exact) mass is 281 g/mol. The summed E-state index contributed by atoms with van der Waals surface area (Å²) in [5.74, 6) is -0.0834. The van der Waals surface area contributed by atoms with Crippen LogP contribution in [0.3, 0.4) is 0 Å². The van der Waals surface area contributed by atoms with Crippen molar-refractivity contribution in [3.8, 4) is 0 Å². The quantitative estimate of drug-likeness (QED) is 0.899. The molecule has 1 fully saturated rings. The van der Waals surface area contributed by atoms with Crippen molar-refractivity contribution in [3.63, 3.8) is 0 Å². The zero-order valence-corrected chi connectivity index (χ0v) is 12.3. The van der Waals surface area contributed by atoms with Gasteiger partial charge in [-0.05, 0) is 20.3 Å². The van der Waals surface area contributed by atoms with Crippen LogP contribution in [0.15, 0.2) is 5.38 Å². The molecule has 1 N–H and O–H groups in total. The van der Waals surface area contributed by atoms with E-state index in [1.54, 1.807) is 23.2 Å². The molecule has 1 aromatic rings. The maximum Gasteiger partial charge on any atom is 0.248 e. The lowest BCUT2D eigenvalue weighted by Gasteiger charge is -2.39. The molecule has 1 aliphatic rings. The van der Waals surface area contributed by atoms with Gasteiger partial charge in [0.2, 0.25) is 11.8 Å². The molecular weight excluding hydrogens is 262 g/mol. The van der Waals surface area contributed by atoms with Gasteiger partial charge in [0.1, 0.15) is 5.54 Å². The summed E-state index contributed by atoms with van der Waals surface area (Å²) in [7, 11) is 0. The van der Waals surface area contributed by atoms with Crippen molar-refractivity contribution in [2.75, 3.05) is 13.1 Å². The number of hydrogen-bond acceptors (Lipinski definition) is 4. The number of carbonyl (C=O) groups excluding carboxylic acids is 2. The first-order valence-electron chi connectivity index (χ1n) is 6.46. The number of rotatable bonds is 4. The molecule has 1 saturated heterocycles. The molecule has 0 aliphatic carbocycles. The first-order valence-corrected chi connectivity index (χ1v) is 7.34. The standard InChI is InChI=1S/C13H19N3O2S/c1-4-13(3)12(18)16(7-11(17)15-13)6-5-10-8-19-9(2)14-10/h8H,4-7H2,1-3H3,(H,15,17). The number of piperazine rings is 1. The van der Waals surface area contributed by atoms with Crippen molar-refractivity contribution < 1.29 is 9.59 Å². The summed E-state index contributed by atoms with van der Waals surface area (Å²) in [5.41, 5.74) is 0.229. The summed E-state index contributed by atoms with van der Waals surface area (Å²) in [6.07, 6.45) is 1.30. The summed E-state index contributed by atoms with van der Waals surface area (Å²) in [6, 6.07) is 0. The van der Waals surface area contributed by atoms with Crippen LogP contribution in [0.2, 0.25) is 0 Å². The van der Waals surface area contributed by atoms with Crippen LogP contribution in [0.5, 0.6) is 0 Å². The van der Waals surface area contributed by atoms with Crippen molar-refractivity contribution in [1.82, 2.24) is 15.2 Å². The van der Waals surface area contributed by atoms with Gasteiger partial charge < -0.3 is 10.2 Å². The van der Waals surface area contributed by atoms with Gasteiger partial charge in [-0.15, -0.1) is 11.3 Å². The second kappa shape index (κ2) is 5.28. The Morgan fingerprint density at radius 3 is 2.84 bits per heavy atom. The Labute approximate surface area is 117 Å². The molecule has 0 bridgehead atoms. The smallest absolute Gasteiger partial charge is 0.248 e. The molecule has 19 heavy (non-hydrogen) atoms. The predicted molar refractivity (Wildman–Crippen MR) is 74.0 cm³/mol. The summed E-state index contributed by atoms with van der Waals surface area (Å²) < 4.78 is 0. The Kier molecular flexibility index (Phi) is 3.89. The van der Waals surface area contributed by atoms with E-state index in [0.29, 0.717) is 19.4 Å². The van der Waals surface area contributed by atoms with E-state index in [2.05, 4.69) is 10.3 Å². The highest BCUT2D eigenvalue weighted by atomic mass is 32.1. The maximum atomic E-state index is 12.3. The molecular formula is C13H19N3O2S. The van der Waals surface area contributed by atoms with Gasteiger partial charge >= 0.3 is 0 Å². The highest BCUT2D eigenvalue weighted by Gasteiger charge is 2.41. The summed E-state index contributed by atoms with van der Waals surface area (Å²) in [5, 5.41) is 5.81. The van der Waals surface area contributed by atoms with E-state index in [9.17, 15) is 9.59 Å². The summed E-state index contributed by atoms with van der Waals surface area (Å²) in [4.78, 5) is 30.0. The molecule has 0 saturated carbocycles. The lowest BCUT2D eigenvalue weighted by molar-refractivity contribution is -0.149. The van der Waals surface area contributed by atoms with Crippen LogP contribution in [-0.4, -0.2) is 40.3 Å². The third-order valence-corrected chi connectivity index (χ3v) is 4.34. The topological polar surface area (TPSA) is 62.3 Å². The second-order valence-corrected chi connectivity index (χ2v) is 6.13. The average Bonchev–Trinajstić information content (AvgIpc) is 2.78. The predicted octanol–water partition coefficient (Wildman–Crippen LogP) is 1.12. The Bertz CT molecular complexity index is 500. The lowest BCUT2D eigenvalue weighted by Crippen LogP contribution is -2.65. The van der Waals surface area contributed by atoms with Crippen LogP contribution in [0, 0.1) is 6.92 Å². The van der Waals surface area contributed by atoms with E-state index in [1.807, 2.05) is 19.2 Å². The van der Waals surface area contributed by atoms with Gasteiger partial charge in [-0.2, -0.15) is 0 Å². The molecule has 1 aliphatic heterocycles. The zero-order valence-electron chi connectivity index (χ0n) is 11.5. The Balaban J connectivity index is 2.02. The number of hydrogen-bond donors (Lipinski definition) is 1. The minimum atomic E-state index is -0.757. The molecule has 1 aromatic heterocycles. The Morgan fingerprint density at radius 1 is 1.53 bits per heavy atom. The fourth-order valence-corrected chi connectivity index (χ4v) is 2.83. The fraction of sp³-hybridized carbons (Fsp3) is 0.615. The average molecular weight is 281 g/mol. The van der Waals surface area contributed by atoms with Gasteiger partial charge in [-0.25, -0.2) is 4.98 Å². The maximum absolute atomic E-state index is 12.3. The number of nitrogens with zero attached hydrogens (tertiary/aromatic N) is 2. The number of amides is 2. The van der Waals surface area contributed by atoms with Crippen LogP contribution in [0.25, 0.3) is 0 Å². The molecule has 2 heterocycles. The third kappa shape index (κ3) is 2.94. The molecule has 1 atom stereocenters. The molecule has 0 radical (unpaired) electrons. The van der Waals surface area contributed by atoms with Gasteiger partial charge in [-0.3, -0.25) is 9.59 Å². The molecule has 1 unspecified atom stereocenters. The van der Waals surface area contributed by atoms with Gasteiger partial charge in [0, 0.05) is 18.3 Å². The summed E-state index contributed by atoms with van der Waals surface area (Å²) in [6.45, 7) is 6.35. The Morgan fingerprint density at radius 2 is 2.26 bits per heavy atom. The molecule has 5 nitrogen and oxygen atoms in total. The number of carbonyl (C=O) groups is 2. The zero-order chi connectivity index (χ0) is 14.0. The first kappa shape index (κ1) is 14.0. The molecule has 6 heteroatoms. The van der Waals surface area contributed by atoms with Crippen molar-refractivity contribution in [2.45, 2.75) is 39.2 Å². The number of thiazole rings is 1. The SMILES string of the molecule is CCC1(C)NC(=O)CN(CCc2csc(C)n2)C1=O. The second-order valence-electron chi connectivity index (χ2n) is 5.07.